The highest BCUT2D eigenvalue weighted by Gasteiger charge is 2.24. The Morgan fingerprint density at radius 2 is 0.846 bits per heavy atom. The molecule has 10 rings (SSSR count). The molecule has 4 nitrogen and oxygen atoms in total. The minimum Gasteiger partial charge on any atom is -0.456 e. The molecular weight excluding hydrogens is 637 g/mol. The summed E-state index contributed by atoms with van der Waals surface area (Å²) in [5, 5.41) is 4.28. The van der Waals surface area contributed by atoms with Crippen LogP contribution in [0.5, 0.6) is 0 Å². The van der Waals surface area contributed by atoms with Crippen LogP contribution in [0.3, 0.4) is 0 Å². The molecular formula is C48H32N2O2. The molecule has 52 heavy (non-hydrogen) atoms. The van der Waals surface area contributed by atoms with Gasteiger partial charge in [-0.25, -0.2) is 0 Å². The zero-order chi connectivity index (χ0) is 34.4. The maximum absolute atomic E-state index is 7.14. The zero-order valence-corrected chi connectivity index (χ0v) is 28.2. The van der Waals surface area contributed by atoms with Crippen LogP contribution in [-0.4, -0.2) is 0 Å². The van der Waals surface area contributed by atoms with E-state index in [1.165, 1.54) is 0 Å². The van der Waals surface area contributed by atoms with E-state index in [9.17, 15) is 0 Å². The topological polar surface area (TPSA) is 32.8 Å². The normalized spacial score (nSPS) is 11.5. The van der Waals surface area contributed by atoms with E-state index >= 15 is 0 Å². The quantitative estimate of drug-likeness (QED) is 0.169. The summed E-state index contributed by atoms with van der Waals surface area (Å²) >= 11 is 0. The largest absolute Gasteiger partial charge is 0.456 e. The highest BCUT2D eigenvalue weighted by atomic mass is 16.3. The van der Waals surface area contributed by atoms with Gasteiger partial charge in [0.1, 0.15) is 16.7 Å². The maximum atomic E-state index is 7.14. The minimum atomic E-state index is 0.815. The second kappa shape index (κ2) is 12.4. The van der Waals surface area contributed by atoms with Crippen molar-refractivity contribution in [2.75, 3.05) is 9.80 Å². The van der Waals surface area contributed by atoms with Crippen LogP contribution >= 0.6 is 0 Å². The van der Waals surface area contributed by atoms with Gasteiger partial charge in [0.2, 0.25) is 0 Å². The Hall–Kier alpha value is -7.04. The van der Waals surface area contributed by atoms with Crippen LogP contribution in [0.15, 0.2) is 203 Å². The lowest BCUT2D eigenvalue weighted by Crippen LogP contribution is -2.13. The number of rotatable bonds is 7. The summed E-state index contributed by atoms with van der Waals surface area (Å²) < 4.78 is 13.3. The molecule has 0 atom stereocenters. The van der Waals surface area contributed by atoms with Crippen LogP contribution in [0.1, 0.15) is 0 Å². The summed E-state index contributed by atoms with van der Waals surface area (Å²) in [5.41, 5.74) is 11.7. The van der Waals surface area contributed by atoms with Gasteiger partial charge in [0, 0.05) is 55.5 Å². The van der Waals surface area contributed by atoms with Crippen LogP contribution in [0, 0.1) is 0 Å². The molecule has 0 spiro atoms. The van der Waals surface area contributed by atoms with Gasteiger partial charge < -0.3 is 18.6 Å². The maximum Gasteiger partial charge on any atom is 0.159 e. The third kappa shape index (κ3) is 5.00. The van der Waals surface area contributed by atoms with E-state index in [0.29, 0.717) is 0 Å². The van der Waals surface area contributed by atoms with E-state index < -0.39 is 0 Å². The van der Waals surface area contributed by atoms with Gasteiger partial charge in [-0.05, 0) is 84.4 Å². The number of anilines is 6. The van der Waals surface area contributed by atoms with Crippen molar-refractivity contribution < 1.29 is 8.83 Å². The van der Waals surface area contributed by atoms with E-state index in [-0.39, 0.29) is 0 Å². The summed E-state index contributed by atoms with van der Waals surface area (Å²) in [6.45, 7) is 0. The fourth-order valence-corrected chi connectivity index (χ4v) is 7.47. The fourth-order valence-electron chi connectivity index (χ4n) is 7.47. The van der Waals surface area contributed by atoms with Gasteiger partial charge in [0.15, 0.2) is 5.58 Å². The second-order valence-corrected chi connectivity index (χ2v) is 12.9. The molecule has 0 saturated heterocycles. The first-order valence-corrected chi connectivity index (χ1v) is 17.5. The smallest absolute Gasteiger partial charge is 0.159 e. The first-order chi connectivity index (χ1) is 25.8. The number of hydrogen-bond acceptors (Lipinski definition) is 4. The number of hydrogen-bond donors (Lipinski definition) is 0. The van der Waals surface area contributed by atoms with Gasteiger partial charge in [-0.15, -0.1) is 0 Å². The van der Waals surface area contributed by atoms with Crippen molar-refractivity contribution in [3.8, 4) is 11.1 Å². The number of benzene rings is 8. The number of nitrogens with zero attached hydrogens (tertiary/aromatic N) is 2. The molecule has 0 aliphatic rings. The van der Waals surface area contributed by atoms with Crippen LogP contribution in [-0.2, 0) is 0 Å². The molecule has 0 aliphatic heterocycles. The van der Waals surface area contributed by atoms with Gasteiger partial charge in [-0.2, -0.15) is 0 Å². The Kier molecular flexibility index (Phi) is 7.10. The molecule has 246 valence electrons. The highest BCUT2D eigenvalue weighted by Crippen LogP contribution is 2.48. The van der Waals surface area contributed by atoms with Crippen molar-refractivity contribution in [1.82, 2.24) is 0 Å². The summed E-state index contributed by atoms with van der Waals surface area (Å²) in [7, 11) is 0. The number of para-hydroxylation sites is 6. The molecule has 0 amide bonds. The molecule has 0 fully saturated rings. The van der Waals surface area contributed by atoms with Gasteiger partial charge in [-0.1, -0.05) is 115 Å². The third-order valence-corrected chi connectivity index (χ3v) is 9.81. The fraction of sp³-hybridized carbons (Fsp3) is 0. The van der Waals surface area contributed by atoms with Crippen molar-refractivity contribution in [3.05, 3.63) is 194 Å². The van der Waals surface area contributed by atoms with Gasteiger partial charge in [0.25, 0.3) is 0 Å². The summed E-state index contributed by atoms with van der Waals surface area (Å²) in [4.78, 5) is 4.61. The average Bonchev–Trinajstić information content (AvgIpc) is 3.78. The molecule has 0 aliphatic carbocycles. The Labute approximate surface area is 301 Å². The summed E-state index contributed by atoms with van der Waals surface area (Å²) in [5.74, 6) is 0. The van der Waals surface area contributed by atoms with Gasteiger partial charge in [0.05, 0.1) is 5.69 Å². The van der Waals surface area contributed by atoms with E-state index in [2.05, 4.69) is 192 Å². The molecule has 8 aromatic carbocycles. The first kappa shape index (κ1) is 29.8. The molecule has 0 saturated carbocycles. The molecule has 4 heteroatoms. The summed E-state index contributed by atoms with van der Waals surface area (Å²) in [6.07, 6.45) is 0. The first-order valence-electron chi connectivity index (χ1n) is 17.5. The lowest BCUT2D eigenvalue weighted by Gasteiger charge is -2.29. The van der Waals surface area contributed by atoms with Gasteiger partial charge in [-0.3, -0.25) is 0 Å². The van der Waals surface area contributed by atoms with Crippen molar-refractivity contribution in [1.29, 1.82) is 0 Å². The average molecular weight is 669 g/mol. The minimum absolute atomic E-state index is 0.815. The van der Waals surface area contributed by atoms with Crippen molar-refractivity contribution >= 4 is 78.0 Å². The summed E-state index contributed by atoms with van der Waals surface area (Å²) in [6, 6.07) is 67.8. The standard InChI is InChI=1S/C48H32N2O2/c1-5-16-34(17-6-1)49(35-18-7-2-8-19-35)38-31-43-41-26-15-25-39(33-28-29-46-42(30-33)40-24-13-14-27-45(40)51-46)47(41)52-48(43)44(32-38)50(36-20-9-3-10-21-36)37-22-11-4-12-23-37/h1-32H. The van der Waals surface area contributed by atoms with Gasteiger partial charge >= 0.3 is 0 Å². The molecule has 0 radical (unpaired) electrons. The Bertz CT molecular complexity index is 2760. The van der Waals surface area contributed by atoms with Crippen LogP contribution < -0.4 is 9.80 Å². The lowest BCUT2D eigenvalue weighted by atomic mass is 10.00. The number of furan rings is 2. The van der Waals surface area contributed by atoms with E-state index in [0.717, 1.165) is 89.1 Å². The molecule has 2 aromatic heterocycles. The Morgan fingerprint density at radius 3 is 1.48 bits per heavy atom. The second-order valence-electron chi connectivity index (χ2n) is 12.9. The predicted octanol–water partition coefficient (Wildman–Crippen LogP) is 14.1. The monoisotopic (exact) mass is 668 g/mol. The Morgan fingerprint density at radius 1 is 0.308 bits per heavy atom. The molecule has 0 N–H and O–H groups in total. The van der Waals surface area contributed by atoms with E-state index in [1.807, 2.05) is 12.1 Å². The molecule has 0 unspecified atom stereocenters. The zero-order valence-electron chi connectivity index (χ0n) is 28.2. The van der Waals surface area contributed by atoms with Crippen molar-refractivity contribution in [2.24, 2.45) is 0 Å². The Balaban J connectivity index is 1.28. The van der Waals surface area contributed by atoms with E-state index in [1.54, 1.807) is 0 Å². The van der Waals surface area contributed by atoms with E-state index in [4.69, 9.17) is 8.83 Å². The predicted molar refractivity (Wildman–Crippen MR) is 216 cm³/mol. The van der Waals surface area contributed by atoms with Crippen LogP contribution in [0.4, 0.5) is 34.1 Å². The van der Waals surface area contributed by atoms with Crippen molar-refractivity contribution in [2.45, 2.75) is 0 Å². The number of fused-ring (bicyclic) bond motifs is 6. The SMILES string of the molecule is c1ccc(N(c2ccccc2)c2cc(N(c3ccccc3)c3ccccc3)c3oc4c(-c5ccc6oc7ccccc7c6c5)cccc4c3c2)cc1. The molecule has 0 bridgehead atoms. The third-order valence-electron chi connectivity index (χ3n) is 9.81. The van der Waals surface area contributed by atoms with Crippen LogP contribution in [0.25, 0.3) is 55.0 Å². The van der Waals surface area contributed by atoms with Crippen LogP contribution in [0.2, 0.25) is 0 Å². The van der Waals surface area contributed by atoms with Crippen molar-refractivity contribution in [3.63, 3.8) is 0 Å². The highest BCUT2D eigenvalue weighted by molar-refractivity contribution is 6.16. The molecule has 2 heterocycles. The lowest BCUT2D eigenvalue weighted by molar-refractivity contribution is 0.668. The molecule has 10 aromatic rings.